The highest BCUT2D eigenvalue weighted by atomic mass is 35.5. The number of ether oxygens (including phenoxy) is 1. The topological polar surface area (TPSA) is 41.6 Å². The monoisotopic (exact) mass is 434 g/mol. The zero-order valence-electron chi connectivity index (χ0n) is 15.8. The molecule has 146 valence electrons. The Morgan fingerprint density at radius 1 is 1.18 bits per heavy atom. The normalized spacial score (nSPS) is 16.8. The lowest BCUT2D eigenvalue weighted by atomic mass is 9.92. The zero-order chi connectivity index (χ0) is 20.4. The van der Waals surface area contributed by atoms with Crippen molar-refractivity contribution in [2.45, 2.75) is 26.5 Å². The predicted octanol–water partition coefficient (Wildman–Crippen LogP) is 5.30. The number of nitrogens with one attached hydrogen (secondary N) is 1. The largest absolute Gasteiger partial charge is 0.489 e. The Hall–Kier alpha value is -2.08. The molecule has 0 saturated heterocycles. The molecular formula is C21H20Cl2N2O2S. The van der Waals surface area contributed by atoms with E-state index in [-0.39, 0.29) is 18.4 Å². The van der Waals surface area contributed by atoms with E-state index in [1.807, 2.05) is 43.1 Å². The Kier molecular flexibility index (Phi) is 6.28. The van der Waals surface area contributed by atoms with Crippen molar-refractivity contribution >= 4 is 46.3 Å². The molecule has 1 unspecified atom stereocenters. The van der Waals surface area contributed by atoms with Gasteiger partial charge in [-0.25, -0.2) is 0 Å². The Bertz CT molecular complexity index is 937. The fourth-order valence-corrected chi connectivity index (χ4v) is 3.89. The molecule has 1 N–H and O–H groups in total. The lowest BCUT2D eigenvalue weighted by Crippen LogP contribution is -2.45. The van der Waals surface area contributed by atoms with Gasteiger partial charge in [-0.15, -0.1) is 0 Å². The minimum Gasteiger partial charge on any atom is -0.489 e. The smallest absolute Gasteiger partial charge is 0.173 e. The van der Waals surface area contributed by atoms with Crippen LogP contribution in [0, 0.1) is 0 Å². The van der Waals surface area contributed by atoms with E-state index in [1.54, 1.807) is 25.1 Å². The highest BCUT2D eigenvalue weighted by molar-refractivity contribution is 7.80. The van der Waals surface area contributed by atoms with Crippen LogP contribution in [-0.4, -0.2) is 22.8 Å². The van der Waals surface area contributed by atoms with E-state index in [0.717, 1.165) is 16.8 Å². The average molecular weight is 435 g/mol. The van der Waals surface area contributed by atoms with E-state index in [2.05, 4.69) is 5.32 Å². The third kappa shape index (κ3) is 4.17. The quantitative estimate of drug-likeness (QED) is 0.646. The SMILES string of the molecule is CC(=O)C1=C(C)N(C)C(=S)NC1c1ccc(OCc2c(Cl)cccc2Cl)cc1. The standard InChI is InChI=1S/C21H20Cl2N2O2S/c1-12-19(13(2)26)20(24-21(28)25(12)3)14-7-9-15(10-8-14)27-11-16-17(22)5-4-6-18(16)23/h4-10,20H,11H2,1-3H3,(H,24,28). The Labute approximate surface area is 180 Å². The van der Waals surface area contributed by atoms with Gasteiger partial charge in [0.25, 0.3) is 0 Å². The van der Waals surface area contributed by atoms with Crippen LogP contribution in [0.15, 0.2) is 53.7 Å². The second-order valence-corrected chi connectivity index (χ2v) is 7.76. The van der Waals surface area contributed by atoms with Gasteiger partial charge < -0.3 is 15.0 Å². The van der Waals surface area contributed by atoms with Crippen LogP contribution in [0.5, 0.6) is 5.75 Å². The van der Waals surface area contributed by atoms with Crippen molar-refractivity contribution in [2.24, 2.45) is 0 Å². The van der Waals surface area contributed by atoms with Gasteiger partial charge in [0, 0.05) is 33.9 Å². The molecule has 0 radical (unpaired) electrons. The van der Waals surface area contributed by atoms with Crippen LogP contribution >= 0.6 is 35.4 Å². The molecule has 1 aliphatic heterocycles. The van der Waals surface area contributed by atoms with Gasteiger partial charge in [-0.2, -0.15) is 0 Å². The molecule has 3 rings (SSSR count). The molecule has 0 saturated carbocycles. The second-order valence-electron chi connectivity index (χ2n) is 6.55. The first-order valence-corrected chi connectivity index (χ1v) is 9.87. The van der Waals surface area contributed by atoms with Crippen molar-refractivity contribution in [1.29, 1.82) is 0 Å². The Morgan fingerprint density at radius 3 is 2.36 bits per heavy atom. The molecule has 0 bridgehead atoms. The van der Waals surface area contributed by atoms with E-state index in [9.17, 15) is 4.79 Å². The molecule has 0 amide bonds. The molecule has 28 heavy (non-hydrogen) atoms. The lowest BCUT2D eigenvalue weighted by molar-refractivity contribution is -0.114. The van der Waals surface area contributed by atoms with Gasteiger partial charge in [0.1, 0.15) is 12.4 Å². The first-order chi connectivity index (χ1) is 13.3. The summed E-state index contributed by atoms with van der Waals surface area (Å²) in [6.45, 7) is 3.74. The van der Waals surface area contributed by atoms with Crippen molar-refractivity contribution in [1.82, 2.24) is 10.2 Å². The third-order valence-corrected chi connectivity index (χ3v) is 5.89. The molecular weight excluding hydrogens is 415 g/mol. The lowest BCUT2D eigenvalue weighted by Gasteiger charge is -2.35. The van der Waals surface area contributed by atoms with E-state index in [1.165, 1.54) is 0 Å². The van der Waals surface area contributed by atoms with Crippen molar-refractivity contribution in [3.8, 4) is 5.75 Å². The highest BCUT2D eigenvalue weighted by Crippen LogP contribution is 2.32. The molecule has 7 heteroatoms. The summed E-state index contributed by atoms with van der Waals surface area (Å²) in [4.78, 5) is 14.0. The maximum atomic E-state index is 12.2. The number of nitrogens with zero attached hydrogens (tertiary/aromatic N) is 1. The van der Waals surface area contributed by atoms with Crippen LogP contribution in [0.3, 0.4) is 0 Å². The Morgan fingerprint density at radius 2 is 1.79 bits per heavy atom. The number of ketones is 1. The fraction of sp³-hybridized carbons (Fsp3) is 0.238. The molecule has 0 fully saturated rings. The minimum absolute atomic E-state index is 0.0121. The molecule has 1 atom stereocenters. The molecule has 1 aliphatic rings. The van der Waals surface area contributed by atoms with Gasteiger partial charge in [0.15, 0.2) is 10.9 Å². The first kappa shape index (κ1) is 20.6. The van der Waals surface area contributed by atoms with Crippen molar-refractivity contribution < 1.29 is 9.53 Å². The van der Waals surface area contributed by atoms with E-state index in [4.69, 9.17) is 40.2 Å². The fourth-order valence-electron chi connectivity index (χ4n) is 3.12. The summed E-state index contributed by atoms with van der Waals surface area (Å²) in [5.41, 5.74) is 3.24. The molecule has 0 aliphatic carbocycles. The van der Waals surface area contributed by atoms with Crippen LogP contribution < -0.4 is 10.1 Å². The minimum atomic E-state index is -0.284. The van der Waals surface area contributed by atoms with Crippen LogP contribution in [0.2, 0.25) is 10.0 Å². The number of thiocarbonyl (C=S) groups is 1. The van der Waals surface area contributed by atoms with Gasteiger partial charge in [0.05, 0.1) is 6.04 Å². The summed E-state index contributed by atoms with van der Waals surface area (Å²) in [5, 5.41) is 4.96. The van der Waals surface area contributed by atoms with Gasteiger partial charge in [-0.05, 0) is 55.9 Å². The number of Topliss-reactive ketones (excluding diaryl/α,β-unsaturated/α-hetero) is 1. The Balaban J connectivity index is 1.80. The van der Waals surface area contributed by atoms with Crippen molar-refractivity contribution in [3.63, 3.8) is 0 Å². The number of hydrogen-bond donors (Lipinski definition) is 1. The number of carbonyl (C=O) groups is 1. The predicted molar refractivity (Wildman–Crippen MR) is 117 cm³/mol. The first-order valence-electron chi connectivity index (χ1n) is 8.71. The van der Waals surface area contributed by atoms with Crippen molar-refractivity contribution in [2.75, 3.05) is 7.05 Å². The summed E-state index contributed by atoms with van der Waals surface area (Å²) < 4.78 is 5.83. The average Bonchev–Trinajstić information content (AvgIpc) is 2.65. The van der Waals surface area contributed by atoms with Gasteiger partial charge in [-0.1, -0.05) is 41.4 Å². The van der Waals surface area contributed by atoms with Crippen LogP contribution in [0.1, 0.15) is 31.0 Å². The summed E-state index contributed by atoms with van der Waals surface area (Å²) in [5.74, 6) is 0.693. The van der Waals surface area contributed by atoms with E-state index < -0.39 is 0 Å². The number of carbonyl (C=O) groups excluding carboxylic acids is 1. The molecule has 1 heterocycles. The third-order valence-electron chi connectivity index (χ3n) is 4.79. The molecule has 0 spiro atoms. The summed E-state index contributed by atoms with van der Waals surface area (Å²) >= 11 is 17.8. The van der Waals surface area contributed by atoms with Crippen LogP contribution in [0.25, 0.3) is 0 Å². The van der Waals surface area contributed by atoms with E-state index >= 15 is 0 Å². The zero-order valence-corrected chi connectivity index (χ0v) is 18.1. The number of allylic oxidation sites excluding steroid dienone is 1. The van der Waals surface area contributed by atoms with Crippen molar-refractivity contribution in [3.05, 3.63) is 74.9 Å². The number of benzene rings is 2. The maximum absolute atomic E-state index is 12.2. The molecule has 2 aromatic carbocycles. The highest BCUT2D eigenvalue weighted by Gasteiger charge is 2.30. The molecule has 0 aromatic heterocycles. The van der Waals surface area contributed by atoms with Crippen LogP contribution in [0.4, 0.5) is 0 Å². The molecule has 2 aromatic rings. The van der Waals surface area contributed by atoms with Crippen LogP contribution in [-0.2, 0) is 11.4 Å². The van der Waals surface area contributed by atoms with E-state index in [0.29, 0.717) is 26.5 Å². The number of rotatable bonds is 5. The summed E-state index contributed by atoms with van der Waals surface area (Å²) in [6, 6.07) is 12.6. The van der Waals surface area contributed by atoms with Gasteiger partial charge in [-0.3, -0.25) is 4.79 Å². The number of hydrogen-bond acceptors (Lipinski definition) is 3. The molecule has 4 nitrogen and oxygen atoms in total. The maximum Gasteiger partial charge on any atom is 0.173 e. The van der Waals surface area contributed by atoms with Gasteiger partial charge in [0.2, 0.25) is 0 Å². The van der Waals surface area contributed by atoms with Gasteiger partial charge >= 0.3 is 0 Å². The summed E-state index contributed by atoms with van der Waals surface area (Å²) in [7, 11) is 1.85. The number of halogens is 2. The second kappa shape index (κ2) is 8.52. The summed E-state index contributed by atoms with van der Waals surface area (Å²) in [6.07, 6.45) is 0.